The van der Waals surface area contributed by atoms with Gasteiger partial charge in [0.15, 0.2) is 11.6 Å². The van der Waals surface area contributed by atoms with Gasteiger partial charge in [-0.3, -0.25) is 14.6 Å². The summed E-state index contributed by atoms with van der Waals surface area (Å²) in [6.45, 7) is 3.15. The molecule has 0 radical (unpaired) electrons. The molecule has 2 N–H and O–H groups in total. The minimum Gasteiger partial charge on any atom is -0.493 e. The standard InChI is InChI=1S/C32H43F3N4O4/c1-42-29-26(18-22(19-27(29)33)20-38-15-11-32(34,35)12-16-38)28(31(40)41)39-14-10-25(21-39)43-17-4-2-3-7-24-9-8-23-6-5-13-36-30(23)37-24/h8-9,18-19,25,28H,2-7,10-17,20-21H2,1H3,(H,36,37)(H,40,41)/t25-,28?/m1/s1. The Balaban J connectivity index is 1.12. The number of benzene rings is 1. The van der Waals surface area contributed by atoms with E-state index in [1.54, 1.807) is 11.0 Å². The number of methoxy groups -OCH3 is 1. The topological polar surface area (TPSA) is 87.2 Å². The molecule has 3 aliphatic rings. The number of carboxylic acids is 1. The van der Waals surface area contributed by atoms with Crippen molar-refractivity contribution in [2.24, 2.45) is 0 Å². The van der Waals surface area contributed by atoms with Gasteiger partial charge in [-0.1, -0.05) is 12.5 Å². The number of likely N-dealkylation sites (tertiary alicyclic amines) is 2. The smallest absolute Gasteiger partial charge is 0.325 e. The maximum Gasteiger partial charge on any atom is 0.325 e. The number of alkyl halides is 2. The zero-order chi connectivity index (χ0) is 30.4. The third kappa shape index (κ3) is 8.19. The van der Waals surface area contributed by atoms with Crippen molar-refractivity contribution in [3.8, 4) is 5.75 Å². The van der Waals surface area contributed by atoms with E-state index in [-0.39, 0.29) is 49.9 Å². The average molecular weight is 605 g/mol. The Hall–Kier alpha value is -2.89. The third-order valence-corrected chi connectivity index (χ3v) is 8.78. The molecule has 0 bridgehead atoms. The molecule has 2 atom stereocenters. The highest BCUT2D eigenvalue weighted by Crippen LogP contribution is 2.36. The predicted octanol–water partition coefficient (Wildman–Crippen LogP) is 5.45. The van der Waals surface area contributed by atoms with Crippen LogP contribution in [0.5, 0.6) is 5.75 Å². The van der Waals surface area contributed by atoms with Crippen LogP contribution in [0.2, 0.25) is 0 Å². The van der Waals surface area contributed by atoms with Gasteiger partial charge < -0.3 is 19.9 Å². The number of hydrogen-bond acceptors (Lipinski definition) is 7. The Kier molecular flexibility index (Phi) is 10.5. The Labute approximate surface area is 251 Å². The number of nitrogens with zero attached hydrogens (tertiary/aromatic N) is 3. The molecule has 3 aliphatic heterocycles. The van der Waals surface area contributed by atoms with Crippen molar-refractivity contribution in [3.63, 3.8) is 0 Å². The molecular weight excluding hydrogens is 561 g/mol. The molecule has 11 heteroatoms. The largest absolute Gasteiger partial charge is 0.493 e. The van der Waals surface area contributed by atoms with Crippen molar-refractivity contribution in [2.45, 2.75) is 82.4 Å². The molecule has 8 nitrogen and oxygen atoms in total. The van der Waals surface area contributed by atoms with Gasteiger partial charge in [-0.25, -0.2) is 18.2 Å². The number of piperidine rings is 1. The van der Waals surface area contributed by atoms with Gasteiger partial charge in [0.05, 0.1) is 13.2 Å². The van der Waals surface area contributed by atoms with E-state index in [4.69, 9.17) is 14.5 Å². The van der Waals surface area contributed by atoms with Crippen LogP contribution in [0.25, 0.3) is 0 Å². The highest BCUT2D eigenvalue weighted by Gasteiger charge is 2.37. The molecule has 236 valence electrons. The van der Waals surface area contributed by atoms with Crippen molar-refractivity contribution in [1.82, 2.24) is 14.8 Å². The van der Waals surface area contributed by atoms with Crippen molar-refractivity contribution in [3.05, 3.63) is 52.5 Å². The summed E-state index contributed by atoms with van der Waals surface area (Å²) in [6.07, 6.45) is 6.19. The lowest BCUT2D eigenvalue weighted by Gasteiger charge is -2.32. The number of aliphatic carboxylic acids is 1. The molecule has 0 saturated carbocycles. The first kappa shape index (κ1) is 31.5. The average Bonchev–Trinajstić information content (AvgIpc) is 3.44. The molecule has 0 amide bonds. The first-order valence-electron chi connectivity index (χ1n) is 15.5. The van der Waals surface area contributed by atoms with Crippen LogP contribution in [0.15, 0.2) is 24.3 Å². The minimum atomic E-state index is -2.67. The van der Waals surface area contributed by atoms with E-state index in [0.717, 1.165) is 56.6 Å². The number of pyridine rings is 1. The van der Waals surface area contributed by atoms with E-state index in [1.165, 1.54) is 18.7 Å². The summed E-state index contributed by atoms with van der Waals surface area (Å²) in [5, 5.41) is 13.6. The number of aryl methyl sites for hydroxylation is 2. The van der Waals surface area contributed by atoms with Gasteiger partial charge in [0.25, 0.3) is 5.92 Å². The third-order valence-electron chi connectivity index (χ3n) is 8.78. The van der Waals surface area contributed by atoms with E-state index in [9.17, 15) is 18.7 Å². The summed E-state index contributed by atoms with van der Waals surface area (Å²) in [5.74, 6) is -3.50. The number of carboxylic acid groups (broad SMARTS) is 1. The summed E-state index contributed by atoms with van der Waals surface area (Å²) >= 11 is 0. The zero-order valence-corrected chi connectivity index (χ0v) is 24.9. The van der Waals surface area contributed by atoms with Crippen molar-refractivity contribution >= 4 is 11.8 Å². The van der Waals surface area contributed by atoms with Crippen molar-refractivity contribution < 1.29 is 32.5 Å². The zero-order valence-electron chi connectivity index (χ0n) is 24.9. The summed E-state index contributed by atoms with van der Waals surface area (Å²) < 4.78 is 53.7. The maximum absolute atomic E-state index is 15.1. The second-order valence-corrected chi connectivity index (χ2v) is 12.0. The maximum atomic E-state index is 15.1. The number of fused-ring (bicyclic) bond motifs is 1. The van der Waals surface area contributed by atoms with Crippen LogP contribution in [0.4, 0.5) is 19.0 Å². The van der Waals surface area contributed by atoms with Crippen LogP contribution in [0, 0.1) is 5.82 Å². The predicted molar refractivity (Wildman–Crippen MR) is 157 cm³/mol. The number of ether oxygens (including phenoxy) is 2. The van der Waals surface area contributed by atoms with Gasteiger partial charge in [0.1, 0.15) is 11.9 Å². The SMILES string of the molecule is COc1c(F)cc(CN2CCC(F)(F)CC2)cc1C(C(=O)O)N1CC[C@@H](OCCCCCc2ccc3c(n2)NCCC3)C1. The van der Waals surface area contributed by atoms with Gasteiger partial charge in [-0.05, 0) is 67.9 Å². The van der Waals surface area contributed by atoms with E-state index < -0.39 is 23.8 Å². The molecule has 5 rings (SSSR count). The van der Waals surface area contributed by atoms with Gasteiger partial charge in [0.2, 0.25) is 0 Å². The number of hydrogen-bond donors (Lipinski definition) is 2. The summed E-state index contributed by atoms with van der Waals surface area (Å²) in [4.78, 5) is 20.9. The molecule has 2 fully saturated rings. The minimum absolute atomic E-state index is 0.102. The summed E-state index contributed by atoms with van der Waals surface area (Å²) in [5.41, 5.74) is 3.17. The van der Waals surface area contributed by atoms with Crippen LogP contribution in [-0.2, 0) is 28.9 Å². The Morgan fingerprint density at radius 1 is 1.19 bits per heavy atom. The number of unbranched alkanes of at least 4 members (excludes halogenated alkanes) is 2. The normalized spacial score (nSPS) is 21.3. The fourth-order valence-electron chi connectivity index (χ4n) is 6.43. The Bertz CT molecular complexity index is 1250. The number of anilines is 1. The molecule has 4 heterocycles. The number of nitrogens with one attached hydrogen (secondary N) is 1. The van der Waals surface area contributed by atoms with Crippen LogP contribution in [-0.4, -0.2) is 84.3 Å². The molecule has 1 unspecified atom stereocenters. The fraction of sp³-hybridized carbons (Fsp3) is 0.625. The van der Waals surface area contributed by atoms with Gasteiger partial charge >= 0.3 is 5.97 Å². The summed E-state index contributed by atoms with van der Waals surface area (Å²) in [6, 6.07) is 6.15. The van der Waals surface area contributed by atoms with Crippen LogP contribution >= 0.6 is 0 Å². The highest BCUT2D eigenvalue weighted by atomic mass is 19.3. The van der Waals surface area contributed by atoms with Gasteiger partial charge in [0, 0.05) is 70.0 Å². The van der Waals surface area contributed by atoms with Crippen LogP contribution in [0.1, 0.15) is 73.4 Å². The van der Waals surface area contributed by atoms with E-state index in [1.807, 2.05) is 4.90 Å². The molecule has 43 heavy (non-hydrogen) atoms. The molecular formula is C32H43F3N4O4. The molecule has 1 aromatic carbocycles. The van der Waals surface area contributed by atoms with Crippen LogP contribution < -0.4 is 10.1 Å². The van der Waals surface area contributed by atoms with E-state index in [0.29, 0.717) is 31.7 Å². The van der Waals surface area contributed by atoms with E-state index in [2.05, 4.69) is 17.4 Å². The van der Waals surface area contributed by atoms with Crippen LogP contribution in [0.3, 0.4) is 0 Å². The molecule has 0 spiro atoms. The molecule has 2 aromatic rings. The van der Waals surface area contributed by atoms with Gasteiger partial charge in [-0.2, -0.15) is 0 Å². The van der Waals surface area contributed by atoms with E-state index >= 15 is 4.39 Å². The molecule has 2 saturated heterocycles. The number of aromatic nitrogens is 1. The monoisotopic (exact) mass is 604 g/mol. The number of rotatable bonds is 13. The van der Waals surface area contributed by atoms with Crippen molar-refractivity contribution in [1.29, 1.82) is 0 Å². The summed E-state index contributed by atoms with van der Waals surface area (Å²) in [7, 11) is 1.32. The lowest BCUT2D eigenvalue weighted by Crippen LogP contribution is -2.39. The fourth-order valence-corrected chi connectivity index (χ4v) is 6.43. The lowest BCUT2D eigenvalue weighted by atomic mass is 9.99. The Morgan fingerprint density at radius 2 is 2.00 bits per heavy atom. The number of carbonyl (C=O) groups is 1. The molecule has 0 aliphatic carbocycles. The first-order valence-corrected chi connectivity index (χ1v) is 15.5. The second-order valence-electron chi connectivity index (χ2n) is 12.0. The Morgan fingerprint density at radius 3 is 2.77 bits per heavy atom. The number of halogens is 3. The quantitative estimate of drug-likeness (QED) is 0.292. The van der Waals surface area contributed by atoms with Crippen molar-refractivity contribution in [2.75, 3.05) is 51.8 Å². The lowest BCUT2D eigenvalue weighted by molar-refractivity contribution is -0.143. The first-order chi connectivity index (χ1) is 20.7. The second kappa shape index (κ2) is 14.3. The molecule has 1 aromatic heterocycles. The van der Waals surface area contributed by atoms with Gasteiger partial charge in [-0.15, -0.1) is 0 Å². The highest BCUT2D eigenvalue weighted by molar-refractivity contribution is 5.77.